The summed E-state index contributed by atoms with van der Waals surface area (Å²) in [5, 5.41) is 11.4. The first-order valence-electron chi connectivity index (χ1n) is 5.37. The minimum Gasteiger partial charge on any atom is -0.480 e. The number of carbonyl (C=O) groups is 2. The number of aliphatic carboxylic acids is 1. The van der Waals surface area contributed by atoms with Gasteiger partial charge < -0.3 is 15.2 Å². The molecule has 0 aliphatic carbocycles. The van der Waals surface area contributed by atoms with Gasteiger partial charge in [0, 0.05) is 6.61 Å². The zero-order chi connectivity index (χ0) is 12.0. The molecule has 0 saturated carbocycles. The zero-order valence-electron chi connectivity index (χ0n) is 9.15. The number of rotatable bonds is 6. The van der Waals surface area contributed by atoms with Crippen LogP contribution in [-0.2, 0) is 14.3 Å². The molecule has 90 valence electrons. The summed E-state index contributed by atoms with van der Waals surface area (Å²) in [5.74, 6) is -1.44. The lowest BCUT2D eigenvalue weighted by Crippen LogP contribution is -2.43. The van der Waals surface area contributed by atoms with Crippen molar-refractivity contribution >= 4 is 11.9 Å². The molecule has 2 N–H and O–H groups in total. The molecule has 0 bridgehead atoms. The van der Waals surface area contributed by atoms with Crippen molar-refractivity contribution < 1.29 is 19.4 Å². The second-order valence-corrected chi connectivity index (χ2v) is 3.83. The molecule has 0 aromatic heterocycles. The highest BCUT2D eigenvalue weighted by Crippen LogP contribution is 2.12. The molecular formula is C11H17NO4. The van der Waals surface area contributed by atoms with Crippen LogP contribution in [0.3, 0.4) is 0 Å². The fraction of sp³-hybridized carbons (Fsp3) is 0.636. The molecule has 2 atom stereocenters. The maximum Gasteiger partial charge on any atom is 0.326 e. The number of carbonyl (C=O) groups excluding carboxylic acids is 1. The van der Waals surface area contributed by atoms with Crippen LogP contribution in [0.2, 0.25) is 0 Å². The summed E-state index contributed by atoms with van der Waals surface area (Å²) < 4.78 is 5.08. The molecule has 1 fully saturated rings. The van der Waals surface area contributed by atoms with Gasteiger partial charge in [0.25, 0.3) is 0 Å². The second-order valence-electron chi connectivity index (χ2n) is 3.83. The first-order chi connectivity index (χ1) is 7.65. The maximum atomic E-state index is 11.6. The summed E-state index contributed by atoms with van der Waals surface area (Å²) in [4.78, 5) is 22.5. The van der Waals surface area contributed by atoms with Crippen LogP contribution in [0.15, 0.2) is 12.7 Å². The van der Waals surface area contributed by atoms with E-state index in [4.69, 9.17) is 9.84 Å². The predicted molar refractivity (Wildman–Crippen MR) is 57.9 cm³/mol. The Kier molecular flexibility index (Phi) is 4.98. The van der Waals surface area contributed by atoms with Gasteiger partial charge in [0.1, 0.15) is 6.04 Å². The molecule has 1 aliphatic heterocycles. The highest BCUT2D eigenvalue weighted by atomic mass is 16.5. The Labute approximate surface area is 94.5 Å². The third-order valence-electron chi connectivity index (χ3n) is 2.57. The van der Waals surface area contributed by atoms with E-state index in [1.54, 1.807) is 6.08 Å². The number of nitrogens with one attached hydrogen (secondary N) is 1. The van der Waals surface area contributed by atoms with E-state index in [9.17, 15) is 9.59 Å². The Bertz CT molecular complexity index is 271. The van der Waals surface area contributed by atoms with Crippen LogP contribution in [0.25, 0.3) is 0 Å². The quantitative estimate of drug-likeness (QED) is 0.650. The van der Waals surface area contributed by atoms with E-state index in [0.29, 0.717) is 32.5 Å². The van der Waals surface area contributed by atoms with Gasteiger partial charge in [0.05, 0.1) is 12.5 Å². The van der Waals surface area contributed by atoms with Gasteiger partial charge in [-0.05, 0) is 19.3 Å². The van der Waals surface area contributed by atoms with Crippen molar-refractivity contribution in [1.29, 1.82) is 0 Å². The van der Waals surface area contributed by atoms with Gasteiger partial charge in [-0.15, -0.1) is 6.58 Å². The zero-order valence-corrected chi connectivity index (χ0v) is 9.15. The van der Waals surface area contributed by atoms with Crippen molar-refractivity contribution in [1.82, 2.24) is 5.32 Å². The molecule has 0 aromatic carbocycles. The first-order valence-corrected chi connectivity index (χ1v) is 5.37. The molecule has 5 heteroatoms. The summed E-state index contributed by atoms with van der Waals surface area (Å²) >= 11 is 0. The lowest BCUT2D eigenvalue weighted by Gasteiger charge is -2.15. The average molecular weight is 227 g/mol. The fourth-order valence-corrected chi connectivity index (χ4v) is 1.57. The van der Waals surface area contributed by atoms with Gasteiger partial charge in [-0.3, -0.25) is 4.79 Å². The lowest BCUT2D eigenvalue weighted by atomic mass is 10.1. The Morgan fingerprint density at radius 1 is 1.62 bits per heavy atom. The monoisotopic (exact) mass is 227 g/mol. The van der Waals surface area contributed by atoms with E-state index >= 15 is 0 Å². The van der Waals surface area contributed by atoms with E-state index < -0.39 is 12.0 Å². The standard InChI is InChI=1S/C11H17NO4/c1-2-3-4-9(11(14)15)12-10(13)8-5-6-16-7-8/h2,8-9H,1,3-7H2,(H,12,13)(H,14,15)/t8-,9-/m0/s1. The second kappa shape index (κ2) is 6.27. The minimum absolute atomic E-state index is 0.203. The first kappa shape index (κ1) is 12.7. The topological polar surface area (TPSA) is 75.6 Å². The summed E-state index contributed by atoms with van der Waals surface area (Å²) in [6.07, 6.45) is 3.25. The summed E-state index contributed by atoms with van der Waals surface area (Å²) in [6.45, 7) is 4.48. The van der Waals surface area contributed by atoms with Crippen LogP contribution in [0.5, 0.6) is 0 Å². The summed E-state index contributed by atoms with van der Waals surface area (Å²) in [6, 6.07) is -0.828. The van der Waals surface area contributed by atoms with E-state index in [-0.39, 0.29) is 11.8 Å². The molecule has 5 nitrogen and oxygen atoms in total. The number of hydrogen-bond acceptors (Lipinski definition) is 3. The molecular weight excluding hydrogens is 210 g/mol. The molecule has 1 saturated heterocycles. The largest absolute Gasteiger partial charge is 0.480 e. The number of allylic oxidation sites excluding steroid dienone is 1. The molecule has 1 rings (SSSR count). The van der Waals surface area contributed by atoms with Crippen LogP contribution in [0.4, 0.5) is 0 Å². The van der Waals surface area contributed by atoms with Crippen LogP contribution < -0.4 is 5.32 Å². The number of carboxylic acids is 1. The van der Waals surface area contributed by atoms with Gasteiger partial charge in [0.15, 0.2) is 0 Å². The third kappa shape index (κ3) is 3.66. The van der Waals surface area contributed by atoms with Crippen molar-refractivity contribution in [3.8, 4) is 0 Å². The molecule has 0 radical (unpaired) electrons. The van der Waals surface area contributed by atoms with Gasteiger partial charge >= 0.3 is 5.97 Å². The van der Waals surface area contributed by atoms with Gasteiger partial charge in [0.2, 0.25) is 5.91 Å². The van der Waals surface area contributed by atoms with E-state index in [0.717, 1.165) is 0 Å². The number of hydrogen-bond donors (Lipinski definition) is 2. The van der Waals surface area contributed by atoms with Gasteiger partial charge in [-0.2, -0.15) is 0 Å². The van der Waals surface area contributed by atoms with Crippen molar-refractivity contribution in [2.75, 3.05) is 13.2 Å². The SMILES string of the molecule is C=CCC[C@H](NC(=O)[C@H]1CCOC1)C(=O)O. The number of ether oxygens (including phenoxy) is 1. The van der Waals surface area contributed by atoms with Gasteiger partial charge in [-0.25, -0.2) is 4.79 Å². The highest BCUT2D eigenvalue weighted by Gasteiger charge is 2.27. The Morgan fingerprint density at radius 3 is 2.88 bits per heavy atom. The van der Waals surface area contributed by atoms with Crippen LogP contribution in [0.1, 0.15) is 19.3 Å². The Morgan fingerprint density at radius 2 is 2.38 bits per heavy atom. The van der Waals surface area contributed by atoms with Crippen molar-refractivity contribution in [3.05, 3.63) is 12.7 Å². The van der Waals surface area contributed by atoms with E-state index in [1.807, 2.05) is 0 Å². The average Bonchev–Trinajstić information content (AvgIpc) is 2.76. The normalized spacial score (nSPS) is 21.4. The van der Waals surface area contributed by atoms with Crippen molar-refractivity contribution in [3.63, 3.8) is 0 Å². The fourth-order valence-electron chi connectivity index (χ4n) is 1.57. The third-order valence-corrected chi connectivity index (χ3v) is 2.57. The Hall–Kier alpha value is -1.36. The lowest BCUT2D eigenvalue weighted by molar-refractivity contribution is -0.142. The predicted octanol–water partition coefficient (Wildman–Crippen LogP) is 0.558. The maximum absolute atomic E-state index is 11.6. The minimum atomic E-state index is -1.01. The molecule has 0 unspecified atom stereocenters. The summed E-state index contributed by atoms with van der Waals surface area (Å²) in [7, 11) is 0. The molecule has 16 heavy (non-hydrogen) atoms. The smallest absolute Gasteiger partial charge is 0.326 e. The van der Waals surface area contributed by atoms with Crippen molar-refractivity contribution in [2.24, 2.45) is 5.92 Å². The van der Waals surface area contributed by atoms with Crippen LogP contribution in [0, 0.1) is 5.92 Å². The molecule has 0 spiro atoms. The van der Waals surface area contributed by atoms with Crippen LogP contribution >= 0.6 is 0 Å². The van der Waals surface area contributed by atoms with E-state index in [1.165, 1.54) is 0 Å². The molecule has 1 aliphatic rings. The number of carboxylic acid groups (broad SMARTS) is 1. The summed E-state index contributed by atoms with van der Waals surface area (Å²) in [5.41, 5.74) is 0. The van der Waals surface area contributed by atoms with Crippen LogP contribution in [-0.4, -0.2) is 36.2 Å². The molecule has 0 aromatic rings. The van der Waals surface area contributed by atoms with Crippen molar-refractivity contribution in [2.45, 2.75) is 25.3 Å². The van der Waals surface area contributed by atoms with E-state index in [2.05, 4.69) is 11.9 Å². The van der Waals surface area contributed by atoms with Gasteiger partial charge in [-0.1, -0.05) is 6.08 Å². The Balaban J connectivity index is 2.43. The number of amides is 1. The molecule has 1 amide bonds. The highest BCUT2D eigenvalue weighted by molar-refractivity contribution is 5.85. The molecule has 1 heterocycles.